The van der Waals surface area contributed by atoms with Crippen LogP contribution in [-0.4, -0.2) is 24.3 Å². The molecule has 0 radical (unpaired) electrons. The Hall–Kier alpha value is -1.83. The maximum absolute atomic E-state index is 14.0. The lowest BCUT2D eigenvalue weighted by Gasteiger charge is -2.22. The van der Waals surface area contributed by atoms with Gasteiger partial charge in [0.25, 0.3) is 0 Å². The van der Waals surface area contributed by atoms with Crippen molar-refractivity contribution in [2.45, 2.75) is 23.8 Å². The number of nitrogens with zero attached hydrogens (tertiary/aromatic N) is 2. The zero-order valence-electron chi connectivity index (χ0n) is 12.7. The Morgan fingerprint density at radius 1 is 1.12 bits per heavy atom. The van der Waals surface area contributed by atoms with Crippen LogP contribution in [0.15, 0.2) is 53.4 Å². The molecule has 1 fully saturated rings. The highest BCUT2D eigenvalue weighted by molar-refractivity contribution is 7.89. The van der Waals surface area contributed by atoms with Crippen LogP contribution >= 0.6 is 11.3 Å². The molecule has 0 saturated carbocycles. The lowest BCUT2D eigenvalue weighted by atomic mass is 10.2. The van der Waals surface area contributed by atoms with Crippen LogP contribution in [0.1, 0.15) is 23.9 Å². The third-order valence-electron chi connectivity index (χ3n) is 4.22. The third-order valence-corrected chi connectivity index (χ3v) is 7.30. The van der Waals surface area contributed by atoms with Gasteiger partial charge in [-0.3, -0.25) is 0 Å². The third kappa shape index (κ3) is 2.53. The fourth-order valence-corrected chi connectivity index (χ4v) is 6.00. The number of aromatic nitrogens is 1. The molecule has 0 spiro atoms. The summed E-state index contributed by atoms with van der Waals surface area (Å²) >= 11 is 1.50. The fraction of sp³-hybridized carbons (Fsp3) is 0.235. The molecule has 3 aromatic rings. The number of thiazole rings is 1. The van der Waals surface area contributed by atoms with Crippen molar-refractivity contribution in [3.05, 3.63) is 59.4 Å². The molecule has 24 heavy (non-hydrogen) atoms. The second kappa shape index (κ2) is 5.91. The summed E-state index contributed by atoms with van der Waals surface area (Å²) in [5.74, 6) is -0.715. The monoisotopic (exact) mass is 362 g/mol. The van der Waals surface area contributed by atoms with Crippen LogP contribution in [0.2, 0.25) is 0 Å². The average molecular weight is 362 g/mol. The molecule has 4 rings (SSSR count). The molecule has 1 atom stereocenters. The lowest BCUT2D eigenvalue weighted by Crippen LogP contribution is -2.31. The number of sulfonamides is 1. The molecule has 7 heteroatoms. The molecule has 2 aromatic carbocycles. The minimum absolute atomic E-state index is 0.266. The maximum Gasteiger partial charge on any atom is 0.246 e. The predicted molar refractivity (Wildman–Crippen MR) is 91.9 cm³/mol. The number of hydrogen-bond donors (Lipinski definition) is 0. The van der Waals surface area contributed by atoms with Gasteiger partial charge in [0.1, 0.15) is 15.7 Å². The first-order chi connectivity index (χ1) is 11.6. The van der Waals surface area contributed by atoms with E-state index >= 15 is 0 Å². The Morgan fingerprint density at radius 3 is 2.67 bits per heavy atom. The Balaban J connectivity index is 1.76. The fourth-order valence-electron chi connectivity index (χ4n) is 3.09. The van der Waals surface area contributed by atoms with Crippen molar-refractivity contribution < 1.29 is 12.8 Å². The molecule has 1 aliphatic rings. The highest BCUT2D eigenvalue weighted by atomic mass is 32.2. The SMILES string of the molecule is O=S(=O)(c1ccccc1F)N1CCCC1c1nc2ccccc2s1. The topological polar surface area (TPSA) is 50.3 Å². The second-order valence-corrected chi connectivity index (χ2v) is 8.65. The number of halogens is 1. The Bertz CT molecular complexity index is 968. The van der Waals surface area contributed by atoms with Crippen LogP contribution in [0, 0.1) is 5.82 Å². The number of para-hydroxylation sites is 1. The molecular weight excluding hydrogens is 347 g/mol. The van der Waals surface area contributed by atoms with Gasteiger partial charge in [-0.25, -0.2) is 17.8 Å². The van der Waals surface area contributed by atoms with Crippen LogP contribution in [0.25, 0.3) is 10.2 Å². The second-order valence-electron chi connectivity index (χ2n) is 5.72. The van der Waals surface area contributed by atoms with E-state index in [9.17, 15) is 12.8 Å². The average Bonchev–Trinajstić information content (AvgIpc) is 3.21. The van der Waals surface area contributed by atoms with Gasteiger partial charge in [-0.2, -0.15) is 4.31 Å². The molecule has 4 nitrogen and oxygen atoms in total. The van der Waals surface area contributed by atoms with Gasteiger partial charge >= 0.3 is 0 Å². The minimum Gasteiger partial charge on any atom is -0.239 e. The van der Waals surface area contributed by atoms with Crippen molar-refractivity contribution >= 4 is 31.6 Å². The van der Waals surface area contributed by atoms with Gasteiger partial charge in [-0.1, -0.05) is 24.3 Å². The molecule has 0 amide bonds. The van der Waals surface area contributed by atoms with Gasteiger partial charge in [0.05, 0.1) is 16.3 Å². The zero-order chi connectivity index (χ0) is 16.7. The molecule has 1 unspecified atom stereocenters. The summed E-state index contributed by atoms with van der Waals surface area (Å²) < 4.78 is 42.3. The Labute approximate surface area is 143 Å². The van der Waals surface area contributed by atoms with Crippen molar-refractivity contribution in [2.75, 3.05) is 6.54 Å². The Kier molecular flexibility index (Phi) is 3.86. The van der Waals surface area contributed by atoms with E-state index in [0.717, 1.165) is 21.6 Å². The number of fused-ring (bicyclic) bond motifs is 1. The highest BCUT2D eigenvalue weighted by Gasteiger charge is 2.38. The number of rotatable bonds is 3. The minimum atomic E-state index is -3.88. The van der Waals surface area contributed by atoms with E-state index < -0.39 is 15.8 Å². The van der Waals surface area contributed by atoms with E-state index in [4.69, 9.17) is 0 Å². The molecule has 0 N–H and O–H groups in total. The maximum atomic E-state index is 14.0. The molecule has 1 saturated heterocycles. The van der Waals surface area contributed by atoms with Crippen molar-refractivity contribution in [2.24, 2.45) is 0 Å². The summed E-state index contributed by atoms with van der Waals surface area (Å²) in [5, 5.41) is 0.772. The molecule has 0 aliphatic carbocycles. The van der Waals surface area contributed by atoms with Crippen LogP contribution in [-0.2, 0) is 10.0 Å². The highest BCUT2D eigenvalue weighted by Crippen LogP contribution is 2.39. The first-order valence-electron chi connectivity index (χ1n) is 7.69. The van der Waals surface area contributed by atoms with E-state index in [2.05, 4.69) is 4.98 Å². The molecule has 0 bridgehead atoms. The van der Waals surface area contributed by atoms with Gasteiger partial charge in [0.15, 0.2) is 0 Å². The van der Waals surface area contributed by atoms with Crippen molar-refractivity contribution in [1.29, 1.82) is 0 Å². The summed E-state index contributed by atoms with van der Waals surface area (Å²) in [5.41, 5.74) is 0.868. The summed E-state index contributed by atoms with van der Waals surface area (Å²) in [6.07, 6.45) is 1.45. The first kappa shape index (κ1) is 15.7. The number of benzene rings is 2. The van der Waals surface area contributed by atoms with E-state index in [1.807, 2.05) is 24.3 Å². The van der Waals surface area contributed by atoms with Crippen molar-refractivity contribution in [1.82, 2.24) is 9.29 Å². The number of hydrogen-bond acceptors (Lipinski definition) is 4. The lowest BCUT2D eigenvalue weighted by molar-refractivity contribution is 0.393. The molecule has 1 aliphatic heterocycles. The molecule has 124 valence electrons. The van der Waals surface area contributed by atoms with Gasteiger partial charge < -0.3 is 0 Å². The van der Waals surface area contributed by atoms with Crippen LogP contribution < -0.4 is 0 Å². The summed E-state index contributed by atoms with van der Waals surface area (Å²) in [6, 6.07) is 12.9. The van der Waals surface area contributed by atoms with Crippen LogP contribution in [0.3, 0.4) is 0 Å². The van der Waals surface area contributed by atoms with Crippen LogP contribution in [0.5, 0.6) is 0 Å². The van der Waals surface area contributed by atoms with E-state index in [0.29, 0.717) is 13.0 Å². The van der Waals surface area contributed by atoms with Gasteiger partial charge in [-0.15, -0.1) is 11.3 Å². The van der Waals surface area contributed by atoms with E-state index in [1.165, 1.54) is 33.8 Å². The first-order valence-corrected chi connectivity index (χ1v) is 9.95. The normalized spacial score (nSPS) is 19.1. The standard InChI is InChI=1S/C17H15FN2O2S2/c18-12-6-1-4-10-16(12)24(21,22)20-11-5-8-14(20)17-19-13-7-2-3-9-15(13)23-17/h1-4,6-7,9-10,14H,5,8,11H2. The quantitative estimate of drug-likeness (QED) is 0.709. The van der Waals surface area contributed by atoms with E-state index in [1.54, 1.807) is 6.07 Å². The van der Waals surface area contributed by atoms with E-state index in [-0.39, 0.29) is 10.9 Å². The van der Waals surface area contributed by atoms with Crippen molar-refractivity contribution in [3.63, 3.8) is 0 Å². The summed E-state index contributed by atoms with van der Waals surface area (Å²) in [4.78, 5) is 4.33. The molecular formula is C17H15FN2O2S2. The zero-order valence-corrected chi connectivity index (χ0v) is 14.4. The summed E-state index contributed by atoms with van der Waals surface area (Å²) in [6.45, 7) is 0.386. The van der Waals surface area contributed by atoms with Gasteiger partial charge in [0, 0.05) is 6.54 Å². The smallest absolute Gasteiger partial charge is 0.239 e. The predicted octanol–water partition coefficient (Wildman–Crippen LogP) is 3.96. The van der Waals surface area contributed by atoms with Crippen LogP contribution in [0.4, 0.5) is 4.39 Å². The van der Waals surface area contributed by atoms with Gasteiger partial charge in [0.2, 0.25) is 10.0 Å². The van der Waals surface area contributed by atoms with Gasteiger partial charge in [-0.05, 0) is 37.1 Å². The summed E-state index contributed by atoms with van der Waals surface area (Å²) in [7, 11) is -3.88. The van der Waals surface area contributed by atoms with Crippen molar-refractivity contribution in [3.8, 4) is 0 Å². The molecule has 2 heterocycles. The Morgan fingerprint density at radius 2 is 1.88 bits per heavy atom. The largest absolute Gasteiger partial charge is 0.246 e. The molecule has 1 aromatic heterocycles.